The summed E-state index contributed by atoms with van der Waals surface area (Å²) >= 11 is 0. The van der Waals surface area contributed by atoms with E-state index in [1.165, 1.54) is 29.3 Å². The van der Waals surface area contributed by atoms with Gasteiger partial charge in [-0.25, -0.2) is 22.8 Å². The Morgan fingerprint density at radius 3 is 2.69 bits per heavy atom. The average Bonchev–Trinajstić information content (AvgIpc) is 3.35. The van der Waals surface area contributed by atoms with Gasteiger partial charge in [0.15, 0.2) is 29.0 Å². The SMILES string of the molecule is CN(c1ncc(-n2cc(C(=O)Nc3c[nH]c4cc(F)c(F)cc34)nn2)cc1F)C1CCC1. The Balaban J connectivity index is 1.35. The fraction of sp³-hybridized carbons (Fsp3) is 0.238. The van der Waals surface area contributed by atoms with Crippen molar-refractivity contribution in [3.8, 4) is 5.69 Å². The van der Waals surface area contributed by atoms with Crippen LogP contribution in [-0.4, -0.2) is 44.0 Å². The number of carbonyl (C=O) groups is 1. The number of fused-ring (bicyclic) bond motifs is 1. The summed E-state index contributed by atoms with van der Waals surface area (Å²) in [7, 11) is 1.82. The largest absolute Gasteiger partial charge is 0.359 e. The van der Waals surface area contributed by atoms with Crippen molar-refractivity contribution in [1.29, 1.82) is 0 Å². The van der Waals surface area contributed by atoms with Gasteiger partial charge in [-0.15, -0.1) is 5.10 Å². The highest BCUT2D eigenvalue weighted by molar-refractivity contribution is 6.07. The molecule has 0 aliphatic heterocycles. The minimum absolute atomic E-state index is 0.0435. The molecule has 1 amide bonds. The molecular weight excluding hydrogens is 423 g/mol. The smallest absolute Gasteiger partial charge is 0.277 e. The van der Waals surface area contributed by atoms with Crippen molar-refractivity contribution in [3.63, 3.8) is 0 Å². The highest BCUT2D eigenvalue weighted by Gasteiger charge is 2.25. The summed E-state index contributed by atoms with van der Waals surface area (Å²) in [5.41, 5.74) is 0.855. The summed E-state index contributed by atoms with van der Waals surface area (Å²) in [6, 6.07) is 3.57. The number of hydrogen-bond donors (Lipinski definition) is 2. The number of aromatic nitrogens is 5. The topological polar surface area (TPSA) is 91.7 Å². The molecule has 1 aliphatic rings. The van der Waals surface area contributed by atoms with Crippen LogP contribution in [0.15, 0.2) is 36.8 Å². The lowest BCUT2D eigenvalue weighted by Crippen LogP contribution is -2.38. The molecule has 5 rings (SSSR count). The first kappa shape index (κ1) is 20.0. The second kappa shape index (κ2) is 7.66. The predicted molar refractivity (Wildman–Crippen MR) is 111 cm³/mol. The van der Waals surface area contributed by atoms with Crippen LogP contribution in [0.1, 0.15) is 29.8 Å². The number of aromatic amines is 1. The predicted octanol–water partition coefficient (Wildman–Crippen LogP) is 3.80. The fourth-order valence-corrected chi connectivity index (χ4v) is 3.65. The minimum Gasteiger partial charge on any atom is -0.359 e. The first-order valence-electron chi connectivity index (χ1n) is 9.99. The summed E-state index contributed by atoms with van der Waals surface area (Å²) in [6.45, 7) is 0. The van der Waals surface area contributed by atoms with Crippen LogP contribution in [0.2, 0.25) is 0 Å². The number of H-pyrrole nitrogens is 1. The Labute approximate surface area is 180 Å². The maximum atomic E-state index is 14.6. The van der Waals surface area contributed by atoms with Crippen LogP contribution in [0.25, 0.3) is 16.6 Å². The molecule has 1 fully saturated rings. The third kappa shape index (κ3) is 3.45. The van der Waals surface area contributed by atoms with E-state index in [1.54, 1.807) is 0 Å². The third-order valence-electron chi connectivity index (χ3n) is 5.73. The van der Waals surface area contributed by atoms with E-state index in [1.807, 2.05) is 11.9 Å². The molecule has 1 aromatic carbocycles. The molecule has 3 heterocycles. The number of halogens is 3. The van der Waals surface area contributed by atoms with Crippen LogP contribution >= 0.6 is 0 Å². The Morgan fingerprint density at radius 2 is 1.97 bits per heavy atom. The van der Waals surface area contributed by atoms with Crippen molar-refractivity contribution in [3.05, 3.63) is 59.9 Å². The zero-order valence-corrected chi connectivity index (χ0v) is 16.9. The molecule has 1 saturated carbocycles. The van der Waals surface area contributed by atoms with Crippen LogP contribution in [0.5, 0.6) is 0 Å². The van der Waals surface area contributed by atoms with Crippen LogP contribution in [-0.2, 0) is 0 Å². The van der Waals surface area contributed by atoms with E-state index >= 15 is 0 Å². The summed E-state index contributed by atoms with van der Waals surface area (Å²) in [6.07, 6.45) is 7.36. The number of nitrogens with one attached hydrogen (secondary N) is 2. The monoisotopic (exact) mass is 441 g/mol. The Bertz CT molecular complexity index is 1330. The third-order valence-corrected chi connectivity index (χ3v) is 5.73. The maximum absolute atomic E-state index is 14.6. The maximum Gasteiger partial charge on any atom is 0.277 e. The highest BCUT2D eigenvalue weighted by atomic mass is 19.2. The lowest BCUT2D eigenvalue weighted by molar-refractivity contribution is 0.102. The summed E-state index contributed by atoms with van der Waals surface area (Å²) in [4.78, 5) is 21.4. The molecule has 164 valence electrons. The second-order valence-electron chi connectivity index (χ2n) is 7.71. The summed E-state index contributed by atoms with van der Waals surface area (Å²) < 4.78 is 42.8. The van der Waals surface area contributed by atoms with E-state index in [0.717, 1.165) is 31.4 Å². The van der Waals surface area contributed by atoms with Gasteiger partial charge < -0.3 is 15.2 Å². The van der Waals surface area contributed by atoms with E-state index in [4.69, 9.17) is 0 Å². The number of pyridine rings is 1. The lowest BCUT2D eigenvalue weighted by Gasteiger charge is -2.35. The van der Waals surface area contributed by atoms with Crippen LogP contribution in [0.3, 0.4) is 0 Å². The molecule has 8 nitrogen and oxygen atoms in total. The van der Waals surface area contributed by atoms with Crippen LogP contribution in [0, 0.1) is 17.5 Å². The van der Waals surface area contributed by atoms with E-state index < -0.39 is 23.4 Å². The Hall–Kier alpha value is -3.89. The molecule has 0 unspecified atom stereocenters. The number of amides is 1. The molecule has 1 aliphatic carbocycles. The lowest BCUT2D eigenvalue weighted by atomic mass is 9.92. The molecule has 11 heteroatoms. The van der Waals surface area contributed by atoms with Gasteiger partial charge in [-0.3, -0.25) is 4.79 Å². The number of rotatable bonds is 5. The number of nitrogens with zero attached hydrogens (tertiary/aromatic N) is 5. The van der Waals surface area contributed by atoms with Crippen molar-refractivity contribution >= 4 is 28.3 Å². The first-order valence-corrected chi connectivity index (χ1v) is 9.99. The van der Waals surface area contributed by atoms with E-state index in [0.29, 0.717) is 22.6 Å². The van der Waals surface area contributed by atoms with Gasteiger partial charge in [-0.05, 0) is 25.3 Å². The minimum atomic E-state index is -1.03. The van der Waals surface area contributed by atoms with Crippen molar-refractivity contribution in [1.82, 2.24) is 25.0 Å². The van der Waals surface area contributed by atoms with Crippen molar-refractivity contribution in [2.24, 2.45) is 0 Å². The van der Waals surface area contributed by atoms with E-state index in [2.05, 4.69) is 25.6 Å². The average molecular weight is 441 g/mol. The number of benzene rings is 1. The van der Waals surface area contributed by atoms with Gasteiger partial charge in [0.05, 0.1) is 29.3 Å². The molecule has 0 bridgehead atoms. The fourth-order valence-electron chi connectivity index (χ4n) is 3.65. The number of carbonyl (C=O) groups excluding carboxylic acids is 1. The van der Waals surface area contributed by atoms with Gasteiger partial charge >= 0.3 is 0 Å². The Kier molecular flexibility index (Phi) is 4.80. The Morgan fingerprint density at radius 1 is 1.19 bits per heavy atom. The van der Waals surface area contributed by atoms with Crippen molar-refractivity contribution in [2.45, 2.75) is 25.3 Å². The standard InChI is InChI=1S/C21H18F3N7O/c1-30(11-3-2-4-11)20-16(24)5-12(8-26-20)31-10-19(28-29-31)21(32)27-18-9-25-17-7-15(23)14(22)6-13(17)18/h5-11,25H,2-4H2,1H3,(H,27,32). The normalized spacial score (nSPS) is 13.9. The van der Waals surface area contributed by atoms with Crippen LogP contribution < -0.4 is 10.2 Å². The van der Waals surface area contributed by atoms with Gasteiger partial charge in [0, 0.05) is 36.8 Å². The van der Waals surface area contributed by atoms with Gasteiger partial charge in [0.1, 0.15) is 0 Å². The quantitative estimate of drug-likeness (QED) is 0.492. The van der Waals surface area contributed by atoms with Gasteiger partial charge in [-0.1, -0.05) is 5.21 Å². The molecule has 4 aromatic rings. The second-order valence-corrected chi connectivity index (χ2v) is 7.71. The first-order chi connectivity index (χ1) is 15.4. The van der Waals surface area contributed by atoms with Gasteiger partial charge in [0.2, 0.25) is 0 Å². The van der Waals surface area contributed by atoms with E-state index in [9.17, 15) is 18.0 Å². The molecule has 0 saturated heterocycles. The van der Waals surface area contributed by atoms with Gasteiger partial charge in [-0.2, -0.15) is 0 Å². The molecule has 3 aromatic heterocycles. The van der Waals surface area contributed by atoms with Crippen LogP contribution in [0.4, 0.5) is 24.7 Å². The van der Waals surface area contributed by atoms with Crippen molar-refractivity contribution < 1.29 is 18.0 Å². The van der Waals surface area contributed by atoms with Gasteiger partial charge in [0.25, 0.3) is 5.91 Å². The molecule has 2 N–H and O–H groups in total. The zero-order chi connectivity index (χ0) is 22.4. The summed E-state index contributed by atoms with van der Waals surface area (Å²) in [5, 5.41) is 10.6. The molecule has 0 atom stereocenters. The highest BCUT2D eigenvalue weighted by Crippen LogP contribution is 2.29. The molecule has 0 radical (unpaired) electrons. The zero-order valence-electron chi connectivity index (χ0n) is 16.9. The molecular formula is C21H18F3N7O. The molecule has 0 spiro atoms. The number of anilines is 2. The molecule has 32 heavy (non-hydrogen) atoms. The van der Waals surface area contributed by atoms with E-state index in [-0.39, 0.29) is 17.2 Å². The van der Waals surface area contributed by atoms with Crippen molar-refractivity contribution in [2.75, 3.05) is 17.3 Å². The number of hydrogen-bond acceptors (Lipinski definition) is 5. The summed E-state index contributed by atoms with van der Waals surface area (Å²) in [5.74, 6) is -2.87.